The molecule has 3 rings (SSSR count). The van der Waals surface area contributed by atoms with Crippen molar-refractivity contribution in [3.63, 3.8) is 0 Å². The Labute approximate surface area is 188 Å². The molecule has 31 heavy (non-hydrogen) atoms. The van der Waals surface area contributed by atoms with Crippen LogP contribution in [0.3, 0.4) is 0 Å². The van der Waals surface area contributed by atoms with E-state index in [0.717, 1.165) is 44.1 Å². The summed E-state index contributed by atoms with van der Waals surface area (Å²) in [6.07, 6.45) is 5.88. The third kappa shape index (κ3) is 6.40. The molecule has 0 radical (unpaired) electrons. The van der Waals surface area contributed by atoms with E-state index in [2.05, 4.69) is 17.6 Å². The first-order valence-corrected chi connectivity index (χ1v) is 11.9. The van der Waals surface area contributed by atoms with E-state index in [1.807, 2.05) is 35.7 Å². The van der Waals surface area contributed by atoms with Gasteiger partial charge in [0.25, 0.3) is 5.91 Å². The topological polar surface area (TPSA) is 78.5 Å². The van der Waals surface area contributed by atoms with Crippen LogP contribution in [0.25, 0.3) is 0 Å². The van der Waals surface area contributed by atoms with E-state index in [0.29, 0.717) is 11.4 Å². The number of nitrogens with zero attached hydrogens (tertiary/aromatic N) is 1. The van der Waals surface area contributed by atoms with Gasteiger partial charge in [0.1, 0.15) is 6.04 Å². The second kappa shape index (κ2) is 11.6. The molecular formula is C24H31N3O3S. The first-order valence-electron chi connectivity index (χ1n) is 11.1. The van der Waals surface area contributed by atoms with Crippen LogP contribution in [-0.2, 0) is 9.59 Å². The fourth-order valence-corrected chi connectivity index (χ4v) is 4.58. The summed E-state index contributed by atoms with van der Waals surface area (Å²) in [4.78, 5) is 41.0. The summed E-state index contributed by atoms with van der Waals surface area (Å²) in [5.41, 5.74) is 0.784. The number of carbonyl (C=O) groups excluding carboxylic acids is 3. The number of thiophene rings is 1. The van der Waals surface area contributed by atoms with Crippen molar-refractivity contribution >= 4 is 29.1 Å². The summed E-state index contributed by atoms with van der Waals surface area (Å²) in [5.74, 6) is -0.675. The molecule has 0 saturated heterocycles. The van der Waals surface area contributed by atoms with Crippen molar-refractivity contribution in [3.05, 3.63) is 58.3 Å². The molecule has 1 heterocycles. The Balaban J connectivity index is 1.78. The molecule has 1 aromatic carbocycles. The minimum absolute atomic E-state index is 0.138. The Bertz CT molecular complexity index is 848. The van der Waals surface area contributed by atoms with Crippen molar-refractivity contribution < 1.29 is 14.4 Å². The first kappa shape index (κ1) is 23.0. The summed E-state index contributed by atoms with van der Waals surface area (Å²) in [7, 11) is 0. The molecule has 0 aliphatic heterocycles. The van der Waals surface area contributed by atoms with E-state index >= 15 is 0 Å². The van der Waals surface area contributed by atoms with Crippen LogP contribution in [0.1, 0.15) is 66.7 Å². The zero-order chi connectivity index (χ0) is 22.1. The molecule has 166 valence electrons. The lowest BCUT2D eigenvalue weighted by atomic mass is 10.0. The standard InChI is InChI=1S/C24H31N3O3S/c1-2-3-15-27(21(28)17-25-23(29)20-14-9-16-31-20)22(18-10-5-4-6-11-18)24(30)26-19-12-7-8-13-19/h4-6,9-11,14,16,19,22H,2-3,7-8,12-13,15,17H2,1H3,(H,25,29)(H,26,30)/t22-/m1/s1. The second-order valence-corrected chi connectivity index (χ2v) is 8.85. The molecule has 1 aromatic heterocycles. The molecule has 1 saturated carbocycles. The summed E-state index contributed by atoms with van der Waals surface area (Å²) in [6.45, 7) is 2.37. The molecule has 2 N–H and O–H groups in total. The summed E-state index contributed by atoms with van der Waals surface area (Å²) >= 11 is 1.33. The highest BCUT2D eigenvalue weighted by Gasteiger charge is 2.32. The Hall–Kier alpha value is -2.67. The summed E-state index contributed by atoms with van der Waals surface area (Å²) in [5, 5.41) is 7.69. The van der Waals surface area contributed by atoms with Crippen molar-refractivity contribution in [2.24, 2.45) is 0 Å². The quantitative estimate of drug-likeness (QED) is 0.587. The third-order valence-electron chi connectivity index (χ3n) is 5.59. The highest BCUT2D eigenvalue weighted by Crippen LogP contribution is 2.24. The largest absolute Gasteiger partial charge is 0.351 e. The van der Waals surface area contributed by atoms with E-state index in [4.69, 9.17) is 0 Å². The van der Waals surface area contributed by atoms with Crippen LogP contribution < -0.4 is 10.6 Å². The number of benzene rings is 1. The third-order valence-corrected chi connectivity index (χ3v) is 6.46. The predicted octanol–water partition coefficient (Wildman–Crippen LogP) is 3.91. The van der Waals surface area contributed by atoms with Gasteiger partial charge in [-0.15, -0.1) is 11.3 Å². The normalized spacial score (nSPS) is 14.7. The smallest absolute Gasteiger partial charge is 0.261 e. The van der Waals surface area contributed by atoms with Crippen molar-refractivity contribution in [1.82, 2.24) is 15.5 Å². The van der Waals surface area contributed by atoms with Gasteiger partial charge in [0.05, 0.1) is 11.4 Å². The highest BCUT2D eigenvalue weighted by molar-refractivity contribution is 7.12. The molecule has 1 aliphatic carbocycles. The number of amides is 3. The van der Waals surface area contributed by atoms with Crippen LogP contribution in [0.5, 0.6) is 0 Å². The lowest BCUT2D eigenvalue weighted by Crippen LogP contribution is -2.49. The van der Waals surface area contributed by atoms with Gasteiger partial charge in [0, 0.05) is 12.6 Å². The van der Waals surface area contributed by atoms with Crippen LogP contribution in [0.4, 0.5) is 0 Å². The molecule has 1 aliphatic rings. The van der Waals surface area contributed by atoms with Crippen molar-refractivity contribution in [1.29, 1.82) is 0 Å². The van der Waals surface area contributed by atoms with E-state index in [1.54, 1.807) is 17.0 Å². The molecule has 1 fully saturated rings. The number of unbranched alkanes of at least 4 members (excludes halogenated alkanes) is 1. The number of hydrogen-bond donors (Lipinski definition) is 2. The van der Waals surface area contributed by atoms with Gasteiger partial charge in [0.2, 0.25) is 11.8 Å². The Morgan fingerprint density at radius 2 is 1.84 bits per heavy atom. The SMILES string of the molecule is CCCCN(C(=O)CNC(=O)c1cccs1)[C@@H](C(=O)NC1CCCC1)c1ccccc1. The molecule has 2 aromatic rings. The van der Waals surface area contributed by atoms with Crippen LogP contribution >= 0.6 is 11.3 Å². The second-order valence-electron chi connectivity index (χ2n) is 7.90. The van der Waals surface area contributed by atoms with Gasteiger partial charge in [-0.25, -0.2) is 0 Å². The van der Waals surface area contributed by atoms with Crippen LogP contribution in [0.2, 0.25) is 0 Å². The maximum Gasteiger partial charge on any atom is 0.261 e. The van der Waals surface area contributed by atoms with Crippen molar-refractivity contribution in [3.8, 4) is 0 Å². The molecule has 3 amide bonds. The van der Waals surface area contributed by atoms with Gasteiger partial charge in [-0.2, -0.15) is 0 Å². The maximum atomic E-state index is 13.3. The highest BCUT2D eigenvalue weighted by atomic mass is 32.1. The fraction of sp³-hybridized carbons (Fsp3) is 0.458. The van der Waals surface area contributed by atoms with Crippen LogP contribution in [0, 0.1) is 0 Å². The van der Waals surface area contributed by atoms with E-state index in [9.17, 15) is 14.4 Å². The van der Waals surface area contributed by atoms with Gasteiger partial charge < -0.3 is 15.5 Å². The van der Waals surface area contributed by atoms with Gasteiger partial charge in [-0.1, -0.05) is 62.6 Å². The number of carbonyl (C=O) groups is 3. The Morgan fingerprint density at radius 1 is 1.10 bits per heavy atom. The monoisotopic (exact) mass is 441 g/mol. The van der Waals surface area contributed by atoms with Gasteiger partial charge >= 0.3 is 0 Å². The van der Waals surface area contributed by atoms with Crippen molar-refractivity contribution in [2.75, 3.05) is 13.1 Å². The zero-order valence-electron chi connectivity index (χ0n) is 18.0. The first-order chi connectivity index (χ1) is 15.1. The molecule has 7 heteroatoms. The molecule has 0 spiro atoms. The van der Waals surface area contributed by atoms with Crippen LogP contribution in [-0.4, -0.2) is 41.8 Å². The van der Waals surface area contributed by atoms with Gasteiger partial charge in [0.15, 0.2) is 0 Å². The zero-order valence-corrected chi connectivity index (χ0v) is 18.8. The minimum Gasteiger partial charge on any atom is -0.351 e. The lowest BCUT2D eigenvalue weighted by molar-refractivity contribution is -0.140. The fourth-order valence-electron chi connectivity index (χ4n) is 3.94. The maximum absolute atomic E-state index is 13.3. The van der Waals surface area contributed by atoms with E-state index < -0.39 is 6.04 Å². The minimum atomic E-state index is -0.709. The summed E-state index contributed by atoms with van der Waals surface area (Å²) < 4.78 is 0. The summed E-state index contributed by atoms with van der Waals surface area (Å²) in [6, 6.07) is 12.4. The van der Waals surface area contributed by atoms with Gasteiger partial charge in [-0.05, 0) is 36.3 Å². The molecule has 0 unspecified atom stereocenters. The average Bonchev–Trinajstić information content (AvgIpc) is 3.49. The van der Waals surface area contributed by atoms with E-state index in [-0.39, 0.29) is 30.3 Å². The number of rotatable bonds is 10. The van der Waals surface area contributed by atoms with Crippen molar-refractivity contribution in [2.45, 2.75) is 57.5 Å². The Morgan fingerprint density at radius 3 is 2.48 bits per heavy atom. The number of nitrogens with one attached hydrogen (secondary N) is 2. The molecule has 0 bridgehead atoms. The lowest BCUT2D eigenvalue weighted by Gasteiger charge is -2.32. The van der Waals surface area contributed by atoms with Crippen LogP contribution in [0.15, 0.2) is 47.8 Å². The molecule has 6 nitrogen and oxygen atoms in total. The van der Waals surface area contributed by atoms with E-state index in [1.165, 1.54) is 11.3 Å². The Kier molecular flexibility index (Phi) is 8.64. The molecule has 1 atom stereocenters. The predicted molar refractivity (Wildman–Crippen MR) is 123 cm³/mol. The van der Waals surface area contributed by atoms with Gasteiger partial charge in [-0.3, -0.25) is 14.4 Å². The number of hydrogen-bond acceptors (Lipinski definition) is 4. The molecular weight excluding hydrogens is 410 g/mol. The average molecular weight is 442 g/mol.